The van der Waals surface area contributed by atoms with Gasteiger partial charge in [0.25, 0.3) is 0 Å². The zero-order valence-electron chi connectivity index (χ0n) is 18.9. The van der Waals surface area contributed by atoms with E-state index in [-0.39, 0.29) is 0 Å². The van der Waals surface area contributed by atoms with Crippen molar-refractivity contribution in [2.75, 3.05) is 14.2 Å². The standard InChI is InChI=1S/C21H14O.2C2H6.2CH4O/c1-3-7-16-14(5-1)9-11-20-18(16)13-19-17-8-4-2-6-15(17)10-12-21(19)22-20;4*1-2/h1-12H,13H2;2*1-2H3;2*2H,1H3. The highest BCUT2D eigenvalue weighted by Crippen LogP contribution is 2.42. The molecule has 30 heavy (non-hydrogen) atoms. The van der Waals surface area contributed by atoms with Gasteiger partial charge in [-0.3, -0.25) is 0 Å². The van der Waals surface area contributed by atoms with Gasteiger partial charge in [0.1, 0.15) is 11.5 Å². The van der Waals surface area contributed by atoms with E-state index < -0.39 is 0 Å². The van der Waals surface area contributed by atoms with Crippen LogP contribution in [0.5, 0.6) is 11.5 Å². The Kier molecular flexibility index (Phi) is 11.2. The average molecular weight is 407 g/mol. The first kappa shape index (κ1) is 25.2. The molecule has 3 heteroatoms. The Morgan fingerprint density at radius 2 is 0.900 bits per heavy atom. The van der Waals surface area contributed by atoms with Gasteiger partial charge in [-0.15, -0.1) is 0 Å². The topological polar surface area (TPSA) is 49.7 Å². The summed E-state index contributed by atoms with van der Waals surface area (Å²) in [6, 6.07) is 25.5. The lowest BCUT2D eigenvalue weighted by Crippen LogP contribution is -2.04. The Hall–Kier alpha value is -2.88. The molecule has 2 N–H and O–H groups in total. The Morgan fingerprint density at radius 1 is 0.533 bits per heavy atom. The molecule has 3 nitrogen and oxygen atoms in total. The van der Waals surface area contributed by atoms with Crippen LogP contribution in [-0.2, 0) is 6.42 Å². The van der Waals surface area contributed by atoms with Crippen LogP contribution in [0.2, 0.25) is 0 Å². The summed E-state index contributed by atoms with van der Waals surface area (Å²) in [5.41, 5.74) is 2.59. The second kappa shape index (κ2) is 13.4. The van der Waals surface area contributed by atoms with Crippen LogP contribution in [0.25, 0.3) is 21.5 Å². The molecule has 0 spiro atoms. The smallest absolute Gasteiger partial charge is 0.131 e. The average Bonchev–Trinajstić information content (AvgIpc) is 2.87. The number of ether oxygens (including phenoxy) is 1. The quantitative estimate of drug-likeness (QED) is 0.292. The van der Waals surface area contributed by atoms with Crippen molar-refractivity contribution < 1.29 is 14.9 Å². The van der Waals surface area contributed by atoms with Gasteiger partial charge in [0.05, 0.1) is 0 Å². The number of benzene rings is 4. The van der Waals surface area contributed by atoms with Crippen molar-refractivity contribution in [2.24, 2.45) is 0 Å². The van der Waals surface area contributed by atoms with E-state index in [1.54, 1.807) is 0 Å². The van der Waals surface area contributed by atoms with Gasteiger partial charge in [0.15, 0.2) is 0 Å². The van der Waals surface area contributed by atoms with E-state index in [4.69, 9.17) is 14.9 Å². The lowest BCUT2D eigenvalue weighted by Gasteiger charge is -2.23. The molecule has 4 aromatic carbocycles. The highest BCUT2D eigenvalue weighted by atomic mass is 16.5. The first-order valence-electron chi connectivity index (χ1n) is 10.5. The second-order valence-corrected chi connectivity index (χ2v) is 5.81. The molecular weight excluding hydrogens is 372 g/mol. The summed E-state index contributed by atoms with van der Waals surface area (Å²) < 4.78 is 6.19. The molecule has 0 fully saturated rings. The number of fused-ring (bicyclic) bond motifs is 6. The van der Waals surface area contributed by atoms with Crippen molar-refractivity contribution in [3.05, 3.63) is 83.9 Å². The predicted octanol–water partition coefficient (Wildman–Crippen LogP) is 6.96. The zero-order valence-corrected chi connectivity index (χ0v) is 18.9. The van der Waals surface area contributed by atoms with Crippen LogP contribution in [0.15, 0.2) is 72.8 Å². The van der Waals surface area contributed by atoms with Gasteiger partial charge in [-0.05, 0) is 33.7 Å². The van der Waals surface area contributed by atoms with Gasteiger partial charge in [0.2, 0.25) is 0 Å². The molecule has 1 heterocycles. The first-order valence-corrected chi connectivity index (χ1v) is 10.5. The van der Waals surface area contributed by atoms with Crippen LogP contribution in [0.1, 0.15) is 38.8 Å². The predicted molar refractivity (Wildman–Crippen MR) is 130 cm³/mol. The van der Waals surface area contributed by atoms with E-state index in [1.165, 1.54) is 32.7 Å². The van der Waals surface area contributed by atoms with Gasteiger partial charge in [-0.2, -0.15) is 0 Å². The van der Waals surface area contributed by atoms with Crippen LogP contribution < -0.4 is 4.74 Å². The van der Waals surface area contributed by atoms with Crippen molar-refractivity contribution in [3.8, 4) is 11.5 Å². The highest BCUT2D eigenvalue weighted by molar-refractivity contribution is 5.92. The molecule has 5 rings (SSSR count). The Labute approximate surface area is 180 Å². The lowest BCUT2D eigenvalue weighted by molar-refractivity contribution is 0.399. The molecule has 0 unspecified atom stereocenters. The van der Waals surface area contributed by atoms with Crippen LogP contribution in [0.3, 0.4) is 0 Å². The summed E-state index contributed by atoms with van der Waals surface area (Å²) in [5, 5.41) is 19.1. The SMILES string of the molecule is CC.CC.CO.CO.c1ccc2c3c(ccc2c1)Oc1ccc2ccccc2c1C3. The van der Waals surface area contributed by atoms with Crippen molar-refractivity contribution in [2.45, 2.75) is 34.1 Å². The maximum Gasteiger partial charge on any atom is 0.131 e. The summed E-state index contributed by atoms with van der Waals surface area (Å²) in [4.78, 5) is 0. The van der Waals surface area contributed by atoms with Crippen molar-refractivity contribution in [1.82, 2.24) is 0 Å². The third-order valence-corrected chi connectivity index (χ3v) is 4.57. The molecule has 160 valence electrons. The van der Waals surface area contributed by atoms with Crippen molar-refractivity contribution in [3.63, 3.8) is 0 Å². The molecule has 0 aromatic heterocycles. The Bertz CT molecular complexity index is 955. The van der Waals surface area contributed by atoms with Crippen LogP contribution >= 0.6 is 0 Å². The fourth-order valence-electron chi connectivity index (χ4n) is 3.48. The monoisotopic (exact) mass is 406 g/mol. The number of aliphatic hydroxyl groups excluding tert-OH is 2. The van der Waals surface area contributed by atoms with Gasteiger partial charge >= 0.3 is 0 Å². The van der Waals surface area contributed by atoms with Crippen LogP contribution in [0, 0.1) is 0 Å². The minimum absolute atomic E-state index is 0.924. The van der Waals surface area contributed by atoms with Crippen LogP contribution in [-0.4, -0.2) is 24.4 Å². The minimum Gasteiger partial charge on any atom is -0.457 e. The molecule has 4 aromatic rings. The fraction of sp³-hybridized carbons (Fsp3) is 0.259. The summed E-state index contributed by atoms with van der Waals surface area (Å²) in [5.74, 6) is 1.97. The van der Waals surface area contributed by atoms with Gasteiger partial charge in [-0.1, -0.05) is 88.4 Å². The molecule has 0 radical (unpaired) electrons. The largest absolute Gasteiger partial charge is 0.457 e. The van der Waals surface area contributed by atoms with Gasteiger partial charge in [-0.25, -0.2) is 0 Å². The minimum atomic E-state index is 0.924. The fourth-order valence-corrected chi connectivity index (χ4v) is 3.48. The highest BCUT2D eigenvalue weighted by Gasteiger charge is 2.20. The molecule has 0 aliphatic carbocycles. The first-order chi connectivity index (χ1) is 14.9. The molecule has 0 atom stereocenters. The second-order valence-electron chi connectivity index (χ2n) is 5.81. The molecule has 1 aliphatic heterocycles. The van der Waals surface area contributed by atoms with E-state index in [2.05, 4.69) is 72.8 Å². The van der Waals surface area contributed by atoms with E-state index >= 15 is 0 Å². The Morgan fingerprint density at radius 3 is 1.30 bits per heavy atom. The summed E-state index contributed by atoms with van der Waals surface area (Å²) in [7, 11) is 2.00. The van der Waals surface area contributed by atoms with E-state index in [9.17, 15) is 0 Å². The van der Waals surface area contributed by atoms with Gasteiger partial charge < -0.3 is 14.9 Å². The molecule has 0 saturated heterocycles. The zero-order chi connectivity index (χ0) is 22.5. The van der Waals surface area contributed by atoms with Crippen molar-refractivity contribution in [1.29, 1.82) is 0 Å². The normalized spacial score (nSPS) is 10.1. The van der Waals surface area contributed by atoms with E-state index in [0.717, 1.165) is 32.1 Å². The van der Waals surface area contributed by atoms with Crippen molar-refractivity contribution >= 4 is 21.5 Å². The van der Waals surface area contributed by atoms with Crippen LogP contribution in [0.4, 0.5) is 0 Å². The van der Waals surface area contributed by atoms with Gasteiger partial charge in [0, 0.05) is 31.8 Å². The molecule has 0 amide bonds. The number of hydrogen-bond acceptors (Lipinski definition) is 3. The van der Waals surface area contributed by atoms with E-state index in [0.29, 0.717) is 0 Å². The van der Waals surface area contributed by atoms with E-state index in [1.807, 2.05) is 27.7 Å². The molecular formula is C27H34O3. The summed E-state index contributed by atoms with van der Waals surface area (Å²) in [6.07, 6.45) is 0.924. The number of rotatable bonds is 0. The number of hydrogen-bond donors (Lipinski definition) is 2. The number of aliphatic hydroxyl groups is 2. The Balaban J connectivity index is 0.000000509. The summed E-state index contributed by atoms with van der Waals surface area (Å²) in [6.45, 7) is 8.00. The molecule has 1 aliphatic rings. The third-order valence-electron chi connectivity index (χ3n) is 4.57. The molecule has 0 bridgehead atoms. The molecule has 0 saturated carbocycles. The summed E-state index contributed by atoms with van der Waals surface area (Å²) >= 11 is 0. The maximum atomic E-state index is 7.00. The third kappa shape index (κ3) is 5.18. The maximum absolute atomic E-state index is 7.00. The lowest BCUT2D eigenvalue weighted by atomic mass is 9.92.